The second kappa shape index (κ2) is 3.48. The fraction of sp³-hybridized carbons (Fsp3) is 1.00. The highest BCUT2D eigenvalue weighted by Gasteiger charge is 2.45. The molecule has 2 bridgehead atoms. The minimum Gasteiger partial charge on any atom is -0.316 e. The first-order valence-electron chi connectivity index (χ1n) is 6.86. The van der Waals surface area contributed by atoms with E-state index in [2.05, 4.69) is 19.2 Å². The molecule has 1 nitrogen and oxygen atoms in total. The van der Waals surface area contributed by atoms with E-state index in [-0.39, 0.29) is 0 Å². The van der Waals surface area contributed by atoms with Crippen LogP contribution in [-0.2, 0) is 0 Å². The molecule has 3 rings (SSSR count). The summed E-state index contributed by atoms with van der Waals surface area (Å²) in [6.07, 6.45) is 7.60. The van der Waals surface area contributed by atoms with Crippen molar-refractivity contribution < 1.29 is 0 Å². The lowest BCUT2D eigenvalue weighted by Crippen LogP contribution is -2.28. The van der Waals surface area contributed by atoms with E-state index in [1.165, 1.54) is 38.8 Å². The molecule has 3 saturated carbocycles. The zero-order chi connectivity index (χ0) is 10.5. The lowest BCUT2D eigenvalue weighted by molar-refractivity contribution is 0.315. The molecule has 0 aliphatic heterocycles. The van der Waals surface area contributed by atoms with E-state index >= 15 is 0 Å². The first-order chi connectivity index (χ1) is 7.15. The predicted octanol–water partition coefficient (Wildman–Crippen LogP) is 3.06. The molecule has 3 aliphatic rings. The van der Waals surface area contributed by atoms with E-state index in [9.17, 15) is 0 Å². The Labute approximate surface area is 94.0 Å². The van der Waals surface area contributed by atoms with Crippen LogP contribution in [0, 0.1) is 29.1 Å². The summed E-state index contributed by atoms with van der Waals surface area (Å²) < 4.78 is 0. The molecular weight excluding hydrogens is 182 g/mol. The summed E-state index contributed by atoms with van der Waals surface area (Å²) in [5.74, 6) is 4.20. The molecule has 1 heteroatoms. The van der Waals surface area contributed by atoms with Crippen LogP contribution in [0.15, 0.2) is 0 Å². The minimum atomic E-state index is 0.654. The van der Waals surface area contributed by atoms with E-state index in [0.717, 1.165) is 23.7 Å². The zero-order valence-corrected chi connectivity index (χ0v) is 10.3. The van der Waals surface area contributed by atoms with Gasteiger partial charge in [-0.05, 0) is 67.9 Å². The maximum atomic E-state index is 3.73. The van der Waals surface area contributed by atoms with Crippen LogP contribution >= 0.6 is 0 Å². The second-order valence-electron chi connectivity index (χ2n) is 6.98. The van der Waals surface area contributed by atoms with Crippen LogP contribution in [0.1, 0.15) is 46.0 Å². The summed E-state index contributed by atoms with van der Waals surface area (Å²) in [6.45, 7) is 7.39. The van der Waals surface area contributed by atoms with Crippen molar-refractivity contribution in [3.05, 3.63) is 0 Å². The Bertz CT molecular complexity index is 246. The van der Waals surface area contributed by atoms with Gasteiger partial charge in [-0.3, -0.25) is 0 Å². The monoisotopic (exact) mass is 207 g/mol. The lowest BCUT2D eigenvalue weighted by atomic mass is 9.89. The first kappa shape index (κ1) is 10.1. The number of fused-ring (bicyclic) bond motifs is 2. The van der Waals surface area contributed by atoms with Gasteiger partial charge in [0.15, 0.2) is 0 Å². The molecule has 0 spiro atoms. The predicted molar refractivity (Wildman–Crippen MR) is 63.7 cm³/mol. The fourth-order valence-electron chi connectivity index (χ4n) is 3.99. The molecule has 0 aromatic rings. The molecule has 3 fully saturated rings. The molecule has 15 heavy (non-hydrogen) atoms. The molecule has 0 aromatic carbocycles. The maximum Gasteiger partial charge on any atom is -0.00151 e. The molecule has 3 aliphatic carbocycles. The smallest absolute Gasteiger partial charge is 0.00151 e. The van der Waals surface area contributed by atoms with Gasteiger partial charge in [-0.2, -0.15) is 0 Å². The Kier molecular flexibility index (Phi) is 2.35. The van der Waals surface area contributed by atoms with Crippen molar-refractivity contribution in [2.45, 2.75) is 46.0 Å². The Morgan fingerprint density at radius 2 is 1.93 bits per heavy atom. The van der Waals surface area contributed by atoms with Crippen LogP contribution in [0.3, 0.4) is 0 Å². The number of rotatable bonds is 4. The lowest BCUT2D eigenvalue weighted by Gasteiger charge is -2.22. The van der Waals surface area contributed by atoms with Crippen LogP contribution in [0.2, 0.25) is 0 Å². The van der Waals surface area contributed by atoms with E-state index in [1.807, 2.05) is 0 Å². The van der Waals surface area contributed by atoms with Crippen molar-refractivity contribution in [2.75, 3.05) is 13.1 Å². The third-order valence-corrected chi connectivity index (χ3v) is 5.40. The third kappa shape index (κ3) is 1.95. The van der Waals surface area contributed by atoms with E-state index in [4.69, 9.17) is 0 Å². The van der Waals surface area contributed by atoms with Gasteiger partial charge in [0, 0.05) is 0 Å². The van der Waals surface area contributed by atoms with Gasteiger partial charge in [-0.25, -0.2) is 0 Å². The van der Waals surface area contributed by atoms with Gasteiger partial charge in [0.05, 0.1) is 0 Å². The topological polar surface area (TPSA) is 12.0 Å². The molecule has 0 aromatic heterocycles. The van der Waals surface area contributed by atoms with Gasteiger partial charge in [0.25, 0.3) is 0 Å². The molecule has 0 radical (unpaired) electrons. The minimum absolute atomic E-state index is 0.654. The van der Waals surface area contributed by atoms with Crippen LogP contribution in [-0.4, -0.2) is 13.1 Å². The summed E-state index contributed by atoms with van der Waals surface area (Å²) >= 11 is 0. The van der Waals surface area contributed by atoms with Crippen molar-refractivity contribution in [1.29, 1.82) is 0 Å². The molecule has 4 atom stereocenters. The molecule has 1 N–H and O–H groups in total. The highest BCUT2D eigenvalue weighted by molar-refractivity contribution is 4.97. The summed E-state index contributed by atoms with van der Waals surface area (Å²) in [7, 11) is 0. The second-order valence-corrected chi connectivity index (χ2v) is 6.98. The van der Waals surface area contributed by atoms with Crippen molar-refractivity contribution in [3.63, 3.8) is 0 Å². The van der Waals surface area contributed by atoms with E-state index in [1.54, 1.807) is 6.42 Å². The number of nitrogens with one attached hydrogen (secondary N) is 1. The average molecular weight is 207 g/mol. The molecule has 86 valence electrons. The SMILES string of the molecule is CC1(C)CC1CNCC1CC2CCC1C2. The normalized spacial score (nSPS) is 46.0. The Morgan fingerprint density at radius 3 is 2.47 bits per heavy atom. The maximum absolute atomic E-state index is 3.73. The van der Waals surface area contributed by atoms with Crippen LogP contribution in [0.4, 0.5) is 0 Å². The molecular formula is C14H25N. The molecule has 0 saturated heterocycles. The highest BCUT2D eigenvalue weighted by atomic mass is 14.9. The Morgan fingerprint density at radius 1 is 1.13 bits per heavy atom. The fourth-order valence-corrected chi connectivity index (χ4v) is 3.99. The highest BCUT2D eigenvalue weighted by Crippen LogP contribution is 2.51. The van der Waals surface area contributed by atoms with Gasteiger partial charge < -0.3 is 5.32 Å². The van der Waals surface area contributed by atoms with Crippen molar-refractivity contribution in [1.82, 2.24) is 5.32 Å². The van der Waals surface area contributed by atoms with Crippen molar-refractivity contribution in [3.8, 4) is 0 Å². The van der Waals surface area contributed by atoms with Crippen molar-refractivity contribution >= 4 is 0 Å². The first-order valence-corrected chi connectivity index (χ1v) is 6.86. The third-order valence-electron chi connectivity index (χ3n) is 5.40. The van der Waals surface area contributed by atoms with Gasteiger partial charge >= 0.3 is 0 Å². The van der Waals surface area contributed by atoms with Crippen LogP contribution < -0.4 is 5.32 Å². The van der Waals surface area contributed by atoms with Gasteiger partial charge in [0.2, 0.25) is 0 Å². The molecule has 0 heterocycles. The summed E-state index contributed by atoms with van der Waals surface area (Å²) in [5.41, 5.74) is 0.654. The van der Waals surface area contributed by atoms with Gasteiger partial charge in [-0.1, -0.05) is 20.3 Å². The van der Waals surface area contributed by atoms with Gasteiger partial charge in [0.1, 0.15) is 0 Å². The summed E-state index contributed by atoms with van der Waals surface area (Å²) in [4.78, 5) is 0. The Hall–Kier alpha value is -0.0400. The quantitative estimate of drug-likeness (QED) is 0.747. The average Bonchev–Trinajstić information content (AvgIpc) is 2.60. The zero-order valence-electron chi connectivity index (χ0n) is 10.3. The standard InChI is InChI=1S/C14H25N/c1-14(2)7-13(14)9-15-8-12-6-10-3-4-11(12)5-10/h10-13,15H,3-9H2,1-2H3. The van der Waals surface area contributed by atoms with Crippen molar-refractivity contribution in [2.24, 2.45) is 29.1 Å². The number of hydrogen-bond acceptors (Lipinski definition) is 1. The van der Waals surface area contributed by atoms with Gasteiger partial charge in [-0.15, -0.1) is 0 Å². The largest absolute Gasteiger partial charge is 0.316 e. The molecule has 0 amide bonds. The number of hydrogen-bond donors (Lipinski definition) is 1. The van der Waals surface area contributed by atoms with E-state index < -0.39 is 0 Å². The van der Waals surface area contributed by atoms with Crippen LogP contribution in [0.5, 0.6) is 0 Å². The van der Waals surface area contributed by atoms with E-state index in [0.29, 0.717) is 5.41 Å². The summed E-state index contributed by atoms with van der Waals surface area (Å²) in [5, 5.41) is 3.73. The Balaban J connectivity index is 1.37. The van der Waals surface area contributed by atoms with Crippen LogP contribution in [0.25, 0.3) is 0 Å². The molecule has 4 unspecified atom stereocenters. The summed E-state index contributed by atoms with van der Waals surface area (Å²) in [6, 6.07) is 0.